The summed E-state index contributed by atoms with van der Waals surface area (Å²) < 4.78 is 6.01. The van der Waals surface area contributed by atoms with Crippen molar-refractivity contribution in [1.29, 1.82) is 0 Å². The summed E-state index contributed by atoms with van der Waals surface area (Å²) in [6.45, 7) is 2.80. The molecule has 0 atom stereocenters. The van der Waals surface area contributed by atoms with Crippen LogP contribution in [0.15, 0.2) is 52.4 Å². The number of fused-ring (bicyclic) bond motifs is 3. The maximum Gasteiger partial charge on any atom is 0.225 e. The lowest BCUT2D eigenvalue weighted by atomic mass is 10.2. The maximum atomic E-state index is 12.8. The van der Waals surface area contributed by atoms with Gasteiger partial charge in [0.15, 0.2) is 0 Å². The fourth-order valence-electron chi connectivity index (χ4n) is 4.77. The summed E-state index contributed by atoms with van der Waals surface area (Å²) in [5.74, 6) is 0.425. The Morgan fingerprint density at radius 1 is 0.814 bits per heavy atom. The average Bonchev–Trinajstić information content (AvgIpc) is 3.32. The number of amides is 3. The Bertz CT molecular complexity index is 1280. The van der Waals surface area contributed by atoms with E-state index in [9.17, 15) is 14.4 Å². The van der Waals surface area contributed by atoms with Crippen LogP contribution < -0.4 is 25.6 Å². The van der Waals surface area contributed by atoms with Gasteiger partial charge in [-0.1, -0.05) is 17.8 Å². The molecule has 0 saturated carbocycles. The second kappa shape index (κ2) is 15.8. The van der Waals surface area contributed by atoms with Crippen molar-refractivity contribution in [3.05, 3.63) is 47.5 Å². The van der Waals surface area contributed by atoms with Crippen LogP contribution in [0.3, 0.4) is 0 Å². The number of rotatable bonds is 15. The van der Waals surface area contributed by atoms with Crippen molar-refractivity contribution in [2.24, 2.45) is 0 Å². The van der Waals surface area contributed by atoms with Gasteiger partial charge in [-0.15, -0.1) is 0 Å². The number of unbranched alkanes of at least 4 members (excludes halogenated alkanes) is 1. The molecule has 2 heterocycles. The van der Waals surface area contributed by atoms with Crippen molar-refractivity contribution in [2.45, 2.75) is 49.8 Å². The van der Waals surface area contributed by atoms with E-state index in [1.54, 1.807) is 18.2 Å². The number of hydrogen-bond donors (Lipinski definition) is 3. The Kier molecular flexibility index (Phi) is 11.9. The summed E-state index contributed by atoms with van der Waals surface area (Å²) in [6, 6.07) is 11.4. The minimum absolute atomic E-state index is 0.139. The van der Waals surface area contributed by atoms with Crippen molar-refractivity contribution in [3.8, 4) is 5.75 Å². The Balaban J connectivity index is 1.27. The molecule has 0 bridgehead atoms. The molecule has 3 N–H and O–H groups in total. The molecule has 43 heavy (non-hydrogen) atoms. The van der Waals surface area contributed by atoms with Crippen molar-refractivity contribution >= 4 is 52.2 Å². The highest BCUT2D eigenvalue weighted by Crippen LogP contribution is 2.48. The van der Waals surface area contributed by atoms with E-state index in [0.717, 1.165) is 25.1 Å². The smallest absolute Gasteiger partial charge is 0.225 e. The molecular formula is C32H44N6O4S. The summed E-state index contributed by atoms with van der Waals surface area (Å²) in [5.41, 5.74) is 2.75. The number of anilines is 4. The van der Waals surface area contributed by atoms with Crippen LogP contribution in [0.25, 0.3) is 0 Å². The lowest BCUT2D eigenvalue weighted by molar-refractivity contribution is -0.117. The molecule has 0 aromatic heterocycles. The van der Waals surface area contributed by atoms with Gasteiger partial charge in [0.2, 0.25) is 17.7 Å². The zero-order valence-corrected chi connectivity index (χ0v) is 26.5. The zero-order valence-electron chi connectivity index (χ0n) is 25.7. The van der Waals surface area contributed by atoms with Crippen LogP contribution in [0.4, 0.5) is 22.7 Å². The van der Waals surface area contributed by atoms with E-state index in [1.165, 1.54) is 22.0 Å². The van der Waals surface area contributed by atoms with Gasteiger partial charge >= 0.3 is 0 Å². The lowest BCUT2D eigenvalue weighted by Crippen LogP contribution is -2.22. The van der Waals surface area contributed by atoms with Crippen LogP contribution in [-0.2, 0) is 14.4 Å². The van der Waals surface area contributed by atoms with Crippen LogP contribution in [0.5, 0.6) is 5.75 Å². The molecule has 4 rings (SSSR count). The number of carbonyl (C=O) groups is 3. The van der Waals surface area contributed by atoms with E-state index in [-0.39, 0.29) is 17.7 Å². The predicted octanol–water partition coefficient (Wildman–Crippen LogP) is 5.20. The Morgan fingerprint density at radius 3 is 1.98 bits per heavy atom. The van der Waals surface area contributed by atoms with Crippen LogP contribution in [0.2, 0.25) is 0 Å². The first-order valence-electron chi connectivity index (χ1n) is 14.9. The van der Waals surface area contributed by atoms with Crippen molar-refractivity contribution < 1.29 is 19.1 Å². The average molecular weight is 609 g/mol. The molecule has 2 aromatic rings. The minimum atomic E-state index is -0.142. The predicted molar refractivity (Wildman–Crippen MR) is 175 cm³/mol. The standard InChI is InChI=1S/C32H44N6O4S/c1-36(2)16-13-30(40)34-24-19-23(20-25(21-24)35-31(41)14-17-37(3)4)33-29(39)9-6-8-18-42-26-11-12-28-27(22-26)38-15-7-5-10-32(38)43-28/h10-12,19-22H,5-9,13-18H2,1-4H3,(H,33,39)(H,34,40)(H,35,41). The SMILES string of the molecule is CN(C)CCC(=O)Nc1cc(NC(=O)CCCCOc2ccc3c(c2)N2CCCC=C2S3)cc(NC(=O)CCN(C)C)c1. The van der Waals surface area contributed by atoms with Gasteiger partial charge in [0, 0.05) is 66.9 Å². The number of allylic oxidation sites excluding steroid dienone is 1. The quantitative estimate of drug-likeness (QED) is 0.237. The van der Waals surface area contributed by atoms with Crippen LogP contribution in [-0.4, -0.2) is 82.0 Å². The molecule has 232 valence electrons. The van der Waals surface area contributed by atoms with Gasteiger partial charge < -0.3 is 35.4 Å². The van der Waals surface area contributed by atoms with Gasteiger partial charge in [-0.25, -0.2) is 0 Å². The van der Waals surface area contributed by atoms with Gasteiger partial charge in [0.25, 0.3) is 0 Å². The largest absolute Gasteiger partial charge is 0.494 e. The normalized spacial score (nSPS) is 13.8. The van der Waals surface area contributed by atoms with E-state index < -0.39 is 0 Å². The molecule has 2 aromatic carbocycles. The maximum absolute atomic E-state index is 12.8. The second-order valence-electron chi connectivity index (χ2n) is 11.4. The van der Waals surface area contributed by atoms with Gasteiger partial charge in [-0.3, -0.25) is 14.4 Å². The van der Waals surface area contributed by atoms with Gasteiger partial charge in [-0.2, -0.15) is 0 Å². The number of benzene rings is 2. The molecule has 10 nitrogen and oxygen atoms in total. The molecule has 2 aliphatic heterocycles. The summed E-state index contributed by atoms with van der Waals surface area (Å²) in [7, 11) is 7.63. The molecular weight excluding hydrogens is 564 g/mol. The number of thioether (sulfide) groups is 1. The third-order valence-corrected chi connectivity index (χ3v) is 8.19. The van der Waals surface area contributed by atoms with E-state index in [2.05, 4.69) is 39.1 Å². The Morgan fingerprint density at radius 2 is 1.40 bits per heavy atom. The first kappa shape index (κ1) is 32.4. The van der Waals surface area contributed by atoms with Crippen molar-refractivity contribution in [1.82, 2.24) is 9.80 Å². The molecule has 0 unspecified atom stereocenters. The highest BCUT2D eigenvalue weighted by Gasteiger charge is 2.27. The Hall–Kier alpha value is -3.54. The summed E-state index contributed by atoms with van der Waals surface area (Å²) in [4.78, 5) is 45.2. The first-order chi connectivity index (χ1) is 20.7. The van der Waals surface area contributed by atoms with E-state index in [1.807, 2.05) is 55.8 Å². The fourth-order valence-corrected chi connectivity index (χ4v) is 5.91. The molecule has 2 aliphatic rings. The number of ether oxygens (including phenoxy) is 1. The molecule has 0 aliphatic carbocycles. The Labute approximate surface area is 259 Å². The zero-order chi connectivity index (χ0) is 30.8. The van der Waals surface area contributed by atoms with Gasteiger partial charge in [-0.05, 0) is 84.2 Å². The fraction of sp³-hybridized carbons (Fsp3) is 0.469. The summed E-state index contributed by atoms with van der Waals surface area (Å²) in [5, 5.41) is 10.0. The van der Waals surface area contributed by atoms with E-state index >= 15 is 0 Å². The second-order valence-corrected chi connectivity index (χ2v) is 12.5. The molecule has 11 heteroatoms. The first-order valence-corrected chi connectivity index (χ1v) is 15.7. The number of carbonyl (C=O) groups excluding carboxylic acids is 3. The van der Waals surface area contributed by atoms with Crippen molar-refractivity contribution in [3.63, 3.8) is 0 Å². The van der Waals surface area contributed by atoms with Gasteiger partial charge in [0.05, 0.1) is 17.3 Å². The third kappa shape index (κ3) is 10.3. The molecule has 0 fully saturated rings. The van der Waals surface area contributed by atoms with Gasteiger partial charge in [0.1, 0.15) is 5.75 Å². The number of nitrogens with one attached hydrogen (secondary N) is 3. The molecule has 0 radical (unpaired) electrons. The van der Waals surface area contributed by atoms with Crippen LogP contribution in [0.1, 0.15) is 44.9 Å². The summed E-state index contributed by atoms with van der Waals surface area (Å²) in [6.07, 6.45) is 7.01. The molecule has 0 spiro atoms. The van der Waals surface area contributed by atoms with Crippen LogP contribution in [0, 0.1) is 0 Å². The monoisotopic (exact) mass is 608 g/mol. The van der Waals surface area contributed by atoms with E-state index in [0.29, 0.717) is 62.4 Å². The number of hydrogen-bond acceptors (Lipinski definition) is 8. The molecule has 0 saturated heterocycles. The van der Waals surface area contributed by atoms with Crippen LogP contribution >= 0.6 is 11.8 Å². The summed E-state index contributed by atoms with van der Waals surface area (Å²) >= 11 is 1.82. The minimum Gasteiger partial charge on any atom is -0.494 e. The third-order valence-electron chi connectivity index (χ3n) is 7.03. The van der Waals surface area contributed by atoms with Crippen molar-refractivity contribution in [2.75, 3.05) is 75.3 Å². The molecule has 3 amide bonds. The number of nitrogens with zero attached hydrogens (tertiary/aromatic N) is 3. The highest BCUT2D eigenvalue weighted by atomic mass is 32.2. The topological polar surface area (TPSA) is 106 Å². The van der Waals surface area contributed by atoms with E-state index in [4.69, 9.17) is 4.74 Å². The lowest BCUT2D eigenvalue weighted by Gasteiger charge is -2.23. The highest BCUT2D eigenvalue weighted by molar-refractivity contribution is 8.03.